The van der Waals surface area contributed by atoms with E-state index in [0.29, 0.717) is 30.0 Å². The summed E-state index contributed by atoms with van der Waals surface area (Å²) in [4.78, 5) is 27.5. The first-order chi connectivity index (χ1) is 14.5. The van der Waals surface area contributed by atoms with Gasteiger partial charge in [0.25, 0.3) is 0 Å². The molecule has 6 nitrogen and oxygen atoms in total. The van der Waals surface area contributed by atoms with E-state index in [-0.39, 0.29) is 18.1 Å². The average molecular weight is 473 g/mol. The number of halogens is 1. The third kappa shape index (κ3) is 3.78. The van der Waals surface area contributed by atoms with Crippen LogP contribution in [0.1, 0.15) is 51.1 Å². The highest BCUT2D eigenvalue weighted by Crippen LogP contribution is 2.50. The first-order valence-electron chi connectivity index (χ1n) is 10.4. The number of fused-ring (bicyclic) bond motifs is 5. The predicted molar refractivity (Wildman–Crippen MR) is 118 cm³/mol. The normalized spacial score (nSPS) is 19.9. The van der Waals surface area contributed by atoms with E-state index in [1.807, 2.05) is 56.3 Å². The first kappa shape index (κ1) is 20.7. The van der Waals surface area contributed by atoms with E-state index < -0.39 is 12.1 Å². The van der Waals surface area contributed by atoms with Crippen LogP contribution >= 0.6 is 15.9 Å². The van der Waals surface area contributed by atoms with Crippen LogP contribution in [0.25, 0.3) is 0 Å². The van der Waals surface area contributed by atoms with E-state index in [4.69, 9.17) is 9.47 Å². The number of nitrogens with zero attached hydrogens (tertiary/aromatic N) is 1. The van der Waals surface area contributed by atoms with Crippen LogP contribution in [0.2, 0.25) is 0 Å². The topological polar surface area (TPSA) is 67.9 Å². The van der Waals surface area contributed by atoms with Gasteiger partial charge in [0.05, 0.1) is 12.1 Å². The molecule has 0 radical (unpaired) electrons. The molecule has 30 heavy (non-hydrogen) atoms. The second-order valence-electron chi connectivity index (χ2n) is 7.57. The monoisotopic (exact) mass is 472 g/mol. The van der Waals surface area contributed by atoms with E-state index in [1.54, 1.807) is 4.90 Å². The van der Waals surface area contributed by atoms with Crippen molar-refractivity contribution in [3.63, 3.8) is 0 Å². The zero-order valence-corrected chi connectivity index (χ0v) is 18.6. The molecule has 1 saturated heterocycles. The summed E-state index contributed by atoms with van der Waals surface area (Å²) in [5, 5.41) is 3.03. The third-order valence-electron chi connectivity index (χ3n) is 5.73. The van der Waals surface area contributed by atoms with Crippen molar-refractivity contribution in [2.75, 3.05) is 4.90 Å². The molecular weight excluding hydrogens is 448 g/mol. The summed E-state index contributed by atoms with van der Waals surface area (Å²) < 4.78 is 12.6. The van der Waals surface area contributed by atoms with E-state index >= 15 is 0 Å². The van der Waals surface area contributed by atoms with Gasteiger partial charge >= 0.3 is 6.09 Å². The average Bonchev–Trinajstić information content (AvgIpc) is 2.90. The predicted octanol–water partition coefficient (Wildman–Crippen LogP) is 5.71. The molecule has 4 rings (SSSR count). The number of rotatable bonds is 4. The lowest BCUT2D eigenvalue weighted by atomic mass is 9.89. The molecule has 2 amide bonds. The van der Waals surface area contributed by atoms with Crippen molar-refractivity contribution >= 4 is 33.6 Å². The molecule has 0 saturated carbocycles. The maximum atomic E-state index is 13.1. The third-order valence-corrected chi connectivity index (χ3v) is 6.37. The Kier molecular flexibility index (Phi) is 5.99. The second kappa shape index (κ2) is 8.68. The SMILES string of the molecule is CCC(CC)OC(=O)N[C@H]1CCC(=O)N2c3c(Br)cccc3Oc3ccccc3[C@@H]12. The van der Waals surface area contributed by atoms with Crippen molar-refractivity contribution in [2.45, 2.75) is 57.7 Å². The summed E-state index contributed by atoms with van der Waals surface area (Å²) in [6, 6.07) is 12.6. The molecule has 0 unspecified atom stereocenters. The van der Waals surface area contributed by atoms with Crippen molar-refractivity contribution in [3.8, 4) is 11.5 Å². The number of carbonyl (C=O) groups is 2. The van der Waals surface area contributed by atoms with Gasteiger partial charge in [-0.05, 0) is 53.4 Å². The van der Waals surface area contributed by atoms with Crippen LogP contribution in [0.3, 0.4) is 0 Å². The molecule has 0 aromatic heterocycles. The van der Waals surface area contributed by atoms with Crippen LogP contribution in [0.5, 0.6) is 11.5 Å². The summed E-state index contributed by atoms with van der Waals surface area (Å²) in [6.45, 7) is 3.99. The maximum Gasteiger partial charge on any atom is 0.407 e. The highest BCUT2D eigenvalue weighted by molar-refractivity contribution is 9.10. The Morgan fingerprint density at radius 2 is 1.93 bits per heavy atom. The summed E-state index contributed by atoms with van der Waals surface area (Å²) in [5.41, 5.74) is 1.55. The quantitative estimate of drug-likeness (QED) is 0.618. The van der Waals surface area contributed by atoms with E-state index in [9.17, 15) is 9.59 Å². The van der Waals surface area contributed by atoms with Gasteiger partial charge in [-0.3, -0.25) is 9.69 Å². The van der Waals surface area contributed by atoms with E-state index in [1.165, 1.54) is 0 Å². The minimum atomic E-state index is -0.446. The number of hydrogen-bond acceptors (Lipinski definition) is 4. The van der Waals surface area contributed by atoms with Crippen LogP contribution in [0.15, 0.2) is 46.9 Å². The van der Waals surface area contributed by atoms with Gasteiger partial charge in [-0.25, -0.2) is 4.79 Å². The van der Waals surface area contributed by atoms with Crippen molar-refractivity contribution in [3.05, 3.63) is 52.5 Å². The number of amides is 2. The Bertz CT molecular complexity index is 960. The van der Waals surface area contributed by atoms with Gasteiger partial charge in [-0.1, -0.05) is 38.1 Å². The molecule has 7 heteroatoms. The molecule has 0 spiro atoms. The Labute approximate surface area is 184 Å². The highest BCUT2D eigenvalue weighted by Gasteiger charge is 2.43. The molecule has 0 aliphatic carbocycles. The number of piperidine rings is 1. The van der Waals surface area contributed by atoms with E-state index in [0.717, 1.165) is 22.9 Å². The van der Waals surface area contributed by atoms with Gasteiger partial charge in [-0.2, -0.15) is 0 Å². The number of carbonyl (C=O) groups excluding carboxylic acids is 2. The summed E-state index contributed by atoms with van der Waals surface area (Å²) in [7, 11) is 0. The minimum Gasteiger partial charge on any atom is -0.455 e. The summed E-state index contributed by atoms with van der Waals surface area (Å²) >= 11 is 3.59. The molecule has 2 aromatic carbocycles. The van der Waals surface area contributed by atoms with Gasteiger partial charge in [0.2, 0.25) is 5.91 Å². The van der Waals surface area contributed by atoms with Gasteiger partial charge < -0.3 is 14.8 Å². The van der Waals surface area contributed by atoms with Crippen molar-refractivity contribution in [1.82, 2.24) is 5.32 Å². The van der Waals surface area contributed by atoms with Gasteiger partial charge in [0, 0.05) is 16.5 Å². The Balaban J connectivity index is 1.75. The molecule has 2 aliphatic rings. The van der Waals surface area contributed by atoms with Crippen LogP contribution in [0.4, 0.5) is 10.5 Å². The van der Waals surface area contributed by atoms with E-state index in [2.05, 4.69) is 21.2 Å². The molecule has 2 aliphatic heterocycles. The molecule has 2 aromatic rings. The summed E-state index contributed by atoms with van der Waals surface area (Å²) in [5.74, 6) is 1.28. The molecule has 2 heterocycles. The fraction of sp³-hybridized carbons (Fsp3) is 0.391. The minimum absolute atomic E-state index is 0.000127. The number of benzene rings is 2. The number of alkyl carbamates (subject to hydrolysis) is 1. The fourth-order valence-corrected chi connectivity index (χ4v) is 4.74. The van der Waals surface area contributed by atoms with Crippen LogP contribution in [0, 0.1) is 0 Å². The first-order valence-corrected chi connectivity index (χ1v) is 11.2. The maximum absolute atomic E-state index is 13.1. The number of anilines is 1. The number of hydrogen-bond donors (Lipinski definition) is 1. The molecule has 158 valence electrons. The second-order valence-corrected chi connectivity index (χ2v) is 8.42. The molecule has 2 atom stereocenters. The fourth-order valence-electron chi connectivity index (χ4n) is 4.20. The van der Waals surface area contributed by atoms with Gasteiger partial charge in [0.1, 0.15) is 17.5 Å². The summed E-state index contributed by atoms with van der Waals surface area (Å²) in [6.07, 6.45) is 1.82. The van der Waals surface area contributed by atoms with Crippen LogP contribution in [-0.4, -0.2) is 24.1 Å². The Morgan fingerprint density at radius 3 is 2.70 bits per heavy atom. The Morgan fingerprint density at radius 1 is 1.20 bits per heavy atom. The van der Waals surface area contributed by atoms with Crippen molar-refractivity contribution in [2.24, 2.45) is 0 Å². The highest BCUT2D eigenvalue weighted by atomic mass is 79.9. The lowest BCUT2D eigenvalue weighted by Crippen LogP contribution is -2.52. The van der Waals surface area contributed by atoms with Gasteiger partial charge in [-0.15, -0.1) is 0 Å². The molecular formula is C23H25BrN2O4. The zero-order valence-electron chi connectivity index (χ0n) is 17.1. The zero-order chi connectivity index (χ0) is 21.3. The molecule has 1 fully saturated rings. The standard InChI is InChI=1S/C23H25BrN2O4/c1-3-14(4-2)29-23(28)25-17-12-13-20(27)26-21(17)15-8-5-6-10-18(15)30-19-11-7-9-16(24)22(19)26/h5-11,14,17,21H,3-4,12-13H2,1-2H3,(H,25,28)/t17-,21-/m0/s1. The molecule has 0 bridgehead atoms. The van der Waals surface area contributed by atoms with Crippen LogP contribution < -0.4 is 15.0 Å². The number of ether oxygens (including phenoxy) is 2. The van der Waals surface area contributed by atoms with Gasteiger partial charge in [0.15, 0.2) is 5.75 Å². The smallest absolute Gasteiger partial charge is 0.407 e. The van der Waals surface area contributed by atoms with Crippen molar-refractivity contribution in [1.29, 1.82) is 0 Å². The number of para-hydroxylation sites is 2. The Hall–Kier alpha value is -2.54. The van der Waals surface area contributed by atoms with Crippen molar-refractivity contribution < 1.29 is 19.1 Å². The van der Waals surface area contributed by atoms with Crippen LogP contribution in [-0.2, 0) is 9.53 Å². The lowest BCUT2D eigenvalue weighted by Gasteiger charge is -2.41. The largest absolute Gasteiger partial charge is 0.455 e. The lowest BCUT2D eigenvalue weighted by molar-refractivity contribution is -0.120. The number of nitrogens with one attached hydrogen (secondary N) is 1. The molecule has 1 N–H and O–H groups in total.